The number of nitrogen functional groups attached to an aromatic ring is 1. The van der Waals surface area contributed by atoms with Gasteiger partial charge in [-0.3, -0.25) is 5.41 Å². The maximum absolute atomic E-state index is 7.46. The minimum absolute atomic E-state index is 0.100. The van der Waals surface area contributed by atoms with Gasteiger partial charge in [-0.05, 0) is 52.9 Å². The number of nitrogens with zero attached hydrogens (tertiary/aromatic N) is 1. The van der Waals surface area contributed by atoms with E-state index in [1.54, 1.807) is 7.11 Å². The number of nitrogens with two attached hydrogens (primary N) is 1. The first-order valence-corrected chi connectivity index (χ1v) is 7.29. The fourth-order valence-corrected chi connectivity index (χ4v) is 3.22. The molecule has 0 radical (unpaired) electrons. The lowest BCUT2D eigenvalue weighted by Gasteiger charge is -2.34. The molecule has 1 aliphatic heterocycles. The molecular weight excluding hydrogens is 306 g/mol. The molecule has 1 saturated heterocycles. The number of halogens is 1. The summed E-state index contributed by atoms with van der Waals surface area (Å²) in [7, 11) is 1.76. The molecule has 2 rings (SSSR count). The highest BCUT2D eigenvalue weighted by atomic mass is 79.9. The van der Waals surface area contributed by atoms with Gasteiger partial charge in [0.1, 0.15) is 5.84 Å². The molecule has 1 heterocycles. The van der Waals surface area contributed by atoms with Crippen molar-refractivity contribution in [1.29, 1.82) is 5.41 Å². The van der Waals surface area contributed by atoms with Crippen LogP contribution in [0.5, 0.6) is 0 Å². The van der Waals surface area contributed by atoms with Crippen LogP contribution in [0.1, 0.15) is 18.4 Å². The molecule has 3 N–H and O–H groups in total. The van der Waals surface area contributed by atoms with Crippen molar-refractivity contribution in [2.24, 2.45) is 11.7 Å². The first-order valence-electron chi connectivity index (χ1n) is 6.49. The number of methoxy groups -OCH3 is 1. The number of anilines is 1. The predicted molar refractivity (Wildman–Crippen MR) is 82.0 cm³/mol. The summed E-state index contributed by atoms with van der Waals surface area (Å²) >= 11 is 3.58. The second-order valence-corrected chi connectivity index (χ2v) is 5.84. The summed E-state index contributed by atoms with van der Waals surface area (Å²) in [5.41, 5.74) is 7.43. The summed E-state index contributed by atoms with van der Waals surface area (Å²) in [5.74, 6) is 0.696. The van der Waals surface area contributed by atoms with Crippen LogP contribution in [-0.4, -0.2) is 32.6 Å². The van der Waals surface area contributed by atoms with Crippen LogP contribution in [0.2, 0.25) is 0 Å². The van der Waals surface area contributed by atoms with Crippen molar-refractivity contribution in [1.82, 2.24) is 0 Å². The van der Waals surface area contributed by atoms with Crippen molar-refractivity contribution >= 4 is 27.5 Å². The fourth-order valence-electron chi connectivity index (χ4n) is 2.59. The molecule has 0 spiro atoms. The Labute approximate surface area is 122 Å². The predicted octanol–water partition coefficient (Wildman–Crippen LogP) is 2.60. The van der Waals surface area contributed by atoms with Gasteiger partial charge in [0.15, 0.2) is 0 Å². The van der Waals surface area contributed by atoms with Gasteiger partial charge < -0.3 is 15.4 Å². The number of ether oxygens (including phenoxy) is 1. The van der Waals surface area contributed by atoms with Crippen LogP contribution in [0.4, 0.5) is 5.69 Å². The topological polar surface area (TPSA) is 62.3 Å². The Morgan fingerprint density at radius 2 is 2.37 bits per heavy atom. The largest absolute Gasteiger partial charge is 0.384 e. The lowest BCUT2D eigenvalue weighted by Crippen LogP contribution is -2.37. The van der Waals surface area contributed by atoms with Gasteiger partial charge in [-0.15, -0.1) is 0 Å². The van der Waals surface area contributed by atoms with Crippen molar-refractivity contribution < 1.29 is 4.74 Å². The van der Waals surface area contributed by atoms with Crippen LogP contribution in [0, 0.1) is 11.3 Å². The Bertz CT molecular complexity index is 462. The molecule has 1 atom stereocenters. The van der Waals surface area contributed by atoms with Crippen molar-refractivity contribution in [2.45, 2.75) is 12.8 Å². The zero-order valence-electron chi connectivity index (χ0n) is 11.2. The molecule has 1 aliphatic rings. The average Bonchev–Trinajstić information content (AvgIpc) is 2.39. The maximum Gasteiger partial charge on any atom is 0.122 e. The van der Waals surface area contributed by atoms with Gasteiger partial charge in [0.25, 0.3) is 0 Å². The van der Waals surface area contributed by atoms with Gasteiger partial charge in [-0.2, -0.15) is 0 Å². The van der Waals surface area contributed by atoms with Crippen LogP contribution in [0.3, 0.4) is 0 Å². The maximum atomic E-state index is 7.46. The molecule has 0 saturated carbocycles. The Hall–Kier alpha value is -1.07. The lowest BCUT2D eigenvalue weighted by atomic mass is 9.98. The summed E-state index contributed by atoms with van der Waals surface area (Å²) < 4.78 is 6.26. The summed E-state index contributed by atoms with van der Waals surface area (Å²) in [6, 6.07) is 5.86. The monoisotopic (exact) mass is 325 g/mol. The highest BCUT2D eigenvalue weighted by molar-refractivity contribution is 9.10. The molecule has 104 valence electrons. The molecule has 5 heteroatoms. The van der Waals surface area contributed by atoms with E-state index in [0.29, 0.717) is 5.92 Å². The first kappa shape index (κ1) is 14.3. The zero-order valence-corrected chi connectivity index (χ0v) is 12.7. The van der Waals surface area contributed by atoms with Gasteiger partial charge in [0.2, 0.25) is 0 Å². The molecule has 1 unspecified atom stereocenters. The Morgan fingerprint density at radius 1 is 1.58 bits per heavy atom. The van der Waals surface area contributed by atoms with E-state index in [9.17, 15) is 0 Å². The molecular formula is C14H20BrN3O. The molecule has 4 nitrogen and oxygen atoms in total. The third kappa shape index (κ3) is 3.48. The number of amidine groups is 1. The molecule has 19 heavy (non-hydrogen) atoms. The molecule has 0 aliphatic carbocycles. The summed E-state index contributed by atoms with van der Waals surface area (Å²) in [6.07, 6.45) is 2.42. The van der Waals surface area contributed by atoms with Gasteiger partial charge in [-0.1, -0.05) is 0 Å². The number of rotatable bonds is 4. The zero-order chi connectivity index (χ0) is 13.8. The van der Waals surface area contributed by atoms with E-state index in [-0.39, 0.29) is 5.84 Å². The van der Waals surface area contributed by atoms with Gasteiger partial charge in [-0.25, -0.2) is 0 Å². The first-order chi connectivity index (χ1) is 9.11. The Balaban J connectivity index is 2.15. The molecule has 0 aromatic heterocycles. The second kappa shape index (κ2) is 6.39. The van der Waals surface area contributed by atoms with E-state index in [4.69, 9.17) is 15.9 Å². The highest BCUT2D eigenvalue weighted by Crippen LogP contribution is 2.30. The molecule has 0 bridgehead atoms. The average molecular weight is 326 g/mol. The van der Waals surface area contributed by atoms with E-state index < -0.39 is 0 Å². The van der Waals surface area contributed by atoms with Crippen molar-refractivity contribution in [2.75, 3.05) is 31.7 Å². The highest BCUT2D eigenvalue weighted by Gasteiger charge is 2.21. The molecule has 1 fully saturated rings. The van der Waals surface area contributed by atoms with E-state index in [1.807, 2.05) is 18.2 Å². The summed E-state index contributed by atoms with van der Waals surface area (Å²) in [6.45, 7) is 2.91. The quantitative estimate of drug-likeness (QED) is 0.660. The van der Waals surface area contributed by atoms with Crippen molar-refractivity contribution in [3.8, 4) is 0 Å². The fraction of sp³-hybridized carbons (Fsp3) is 0.500. The minimum atomic E-state index is 0.100. The van der Waals surface area contributed by atoms with Crippen LogP contribution < -0.4 is 10.6 Å². The number of benzene rings is 1. The Morgan fingerprint density at radius 3 is 3.00 bits per heavy atom. The van der Waals surface area contributed by atoms with Crippen molar-refractivity contribution in [3.63, 3.8) is 0 Å². The number of nitrogens with one attached hydrogen (secondary N) is 1. The van der Waals surface area contributed by atoms with E-state index in [1.165, 1.54) is 18.5 Å². The van der Waals surface area contributed by atoms with Gasteiger partial charge >= 0.3 is 0 Å². The third-order valence-electron chi connectivity index (χ3n) is 3.52. The van der Waals surface area contributed by atoms with Gasteiger partial charge in [0.05, 0.1) is 12.3 Å². The Kier molecular flexibility index (Phi) is 4.82. The SMILES string of the molecule is COCC1CCCN(c2ccc(C(=N)N)cc2Br)C1. The van der Waals surface area contributed by atoms with Crippen LogP contribution in [-0.2, 0) is 4.74 Å². The standard InChI is InChI=1S/C14H20BrN3O/c1-19-9-10-3-2-6-18(8-10)13-5-4-11(14(16)17)7-12(13)15/h4-5,7,10H,2-3,6,8-9H2,1H3,(H3,16,17). The van der Waals surface area contributed by atoms with Crippen LogP contribution >= 0.6 is 15.9 Å². The lowest BCUT2D eigenvalue weighted by molar-refractivity contribution is 0.143. The summed E-state index contributed by atoms with van der Waals surface area (Å²) in [4.78, 5) is 2.38. The van der Waals surface area contributed by atoms with Crippen molar-refractivity contribution in [3.05, 3.63) is 28.2 Å². The molecule has 1 aromatic carbocycles. The van der Waals surface area contributed by atoms with E-state index >= 15 is 0 Å². The third-order valence-corrected chi connectivity index (χ3v) is 4.16. The minimum Gasteiger partial charge on any atom is -0.384 e. The second-order valence-electron chi connectivity index (χ2n) is 4.99. The number of hydrogen-bond donors (Lipinski definition) is 2. The van der Waals surface area contributed by atoms with Crippen LogP contribution in [0.15, 0.2) is 22.7 Å². The van der Waals surface area contributed by atoms with Crippen LogP contribution in [0.25, 0.3) is 0 Å². The normalized spacial score (nSPS) is 19.5. The van der Waals surface area contributed by atoms with Gasteiger partial charge in [0, 0.05) is 30.2 Å². The molecule has 1 aromatic rings. The smallest absolute Gasteiger partial charge is 0.122 e. The summed E-state index contributed by atoms with van der Waals surface area (Å²) in [5, 5.41) is 7.46. The molecule has 0 amide bonds. The number of piperidine rings is 1. The number of hydrogen-bond acceptors (Lipinski definition) is 3. The van der Waals surface area contributed by atoms with E-state index in [0.717, 1.165) is 29.7 Å². The van der Waals surface area contributed by atoms with E-state index in [2.05, 4.69) is 20.8 Å².